The van der Waals surface area contributed by atoms with E-state index in [4.69, 9.17) is 4.42 Å². The van der Waals surface area contributed by atoms with Crippen LogP contribution in [0.5, 0.6) is 0 Å². The summed E-state index contributed by atoms with van der Waals surface area (Å²) in [5.41, 5.74) is 0.364. The van der Waals surface area contributed by atoms with Crippen LogP contribution in [-0.2, 0) is 0 Å². The highest BCUT2D eigenvalue weighted by molar-refractivity contribution is 5.92. The summed E-state index contributed by atoms with van der Waals surface area (Å²) < 4.78 is 18.9. The van der Waals surface area contributed by atoms with Crippen LogP contribution >= 0.6 is 0 Å². The maximum atomic E-state index is 13.5. The Labute approximate surface area is 104 Å². The monoisotopic (exact) mass is 245 g/mol. The standard InChI is InChI=1S/C14H12FNO2/c15-11-4-2-1-3-10(11)12-7-8-13(18-12)14(17)16-9-5-6-9/h1-4,7-9H,5-6H2,(H,16,17). The van der Waals surface area contributed by atoms with Crippen molar-refractivity contribution in [2.45, 2.75) is 18.9 Å². The Balaban J connectivity index is 1.84. The van der Waals surface area contributed by atoms with Gasteiger partial charge in [-0.1, -0.05) is 12.1 Å². The first-order valence-electron chi connectivity index (χ1n) is 5.89. The quantitative estimate of drug-likeness (QED) is 0.903. The van der Waals surface area contributed by atoms with Crippen LogP contribution in [-0.4, -0.2) is 11.9 Å². The van der Waals surface area contributed by atoms with Gasteiger partial charge in [0.15, 0.2) is 5.76 Å². The minimum absolute atomic E-state index is 0.222. The number of rotatable bonds is 3. The molecule has 2 aromatic rings. The second kappa shape index (κ2) is 4.29. The molecule has 3 rings (SSSR count). The second-order valence-corrected chi connectivity index (χ2v) is 4.39. The van der Waals surface area contributed by atoms with Crippen molar-refractivity contribution in [3.8, 4) is 11.3 Å². The van der Waals surface area contributed by atoms with Crippen molar-refractivity contribution in [3.05, 3.63) is 48.0 Å². The van der Waals surface area contributed by atoms with E-state index >= 15 is 0 Å². The SMILES string of the molecule is O=C(NC1CC1)c1ccc(-c2ccccc2F)o1. The molecule has 3 nitrogen and oxygen atoms in total. The van der Waals surface area contributed by atoms with Crippen molar-refractivity contribution in [1.29, 1.82) is 0 Å². The fourth-order valence-electron chi connectivity index (χ4n) is 1.75. The number of carbonyl (C=O) groups excluding carboxylic acids is 1. The minimum atomic E-state index is -0.360. The summed E-state index contributed by atoms with van der Waals surface area (Å²) in [6.45, 7) is 0. The Kier molecular flexibility index (Phi) is 2.63. The Hall–Kier alpha value is -2.10. The Morgan fingerprint density at radius 2 is 2.00 bits per heavy atom. The molecule has 1 N–H and O–H groups in total. The predicted molar refractivity (Wildman–Crippen MR) is 64.6 cm³/mol. The molecule has 1 heterocycles. The molecule has 0 saturated heterocycles. The number of hydrogen-bond donors (Lipinski definition) is 1. The Morgan fingerprint density at radius 1 is 1.22 bits per heavy atom. The van der Waals surface area contributed by atoms with Crippen LogP contribution in [0.4, 0.5) is 4.39 Å². The predicted octanol–water partition coefficient (Wildman–Crippen LogP) is 2.98. The molecule has 0 unspecified atom stereocenters. The lowest BCUT2D eigenvalue weighted by molar-refractivity contribution is 0.0924. The number of nitrogens with one attached hydrogen (secondary N) is 1. The molecule has 1 aromatic heterocycles. The average molecular weight is 245 g/mol. The first kappa shape index (κ1) is 11.0. The van der Waals surface area contributed by atoms with Crippen LogP contribution < -0.4 is 5.32 Å². The van der Waals surface area contributed by atoms with Crippen LogP contribution in [0.1, 0.15) is 23.4 Å². The highest BCUT2D eigenvalue weighted by Crippen LogP contribution is 2.25. The molecule has 1 fully saturated rings. The summed E-state index contributed by atoms with van der Waals surface area (Å²) in [6.07, 6.45) is 2.04. The molecule has 92 valence electrons. The van der Waals surface area contributed by atoms with Crippen molar-refractivity contribution in [1.82, 2.24) is 5.32 Å². The molecule has 1 aliphatic rings. The van der Waals surface area contributed by atoms with Crippen LogP contribution in [0.25, 0.3) is 11.3 Å². The van der Waals surface area contributed by atoms with Gasteiger partial charge in [-0.25, -0.2) is 4.39 Å². The van der Waals surface area contributed by atoms with Crippen molar-refractivity contribution >= 4 is 5.91 Å². The zero-order chi connectivity index (χ0) is 12.5. The highest BCUT2D eigenvalue weighted by atomic mass is 19.1. The molecule has 1 aromatic carbocycles. The number of carbonyl (C=O) groups is 1. The molecule has 0 aliphatic heterocycles. The second-order valence-electron chi connectivity index (χ2n) is 4.39. The number of hydrogen-bond acceptors (Lipinski definition) is 2. The number of benzene rings is 1. The third-order valence-corrected chi connectivity index (χ3v) is 2.88. The molecule has 18 heavy (non-hydrogen) atoms. The van der Waals surface area contributed by atoms with E-state index in [-0.39, 0.29) is 23.5 Å². The van der Waals surface area contributed by atoms with E-state index in [1.54, 1.807) is 30.3 Å². The fourth-order valence-corrected chi connectivity index (χ4v) is 1.75. The summed E-state index contributed by atoms with van der Waals surface area (Å²) in [7, 11) is 0. The van der Waals surface area contributed by atoms with E-state index < -0.39 is 0 Å². The molecule has 1 amide bonds. The number of halogens is 1. The topological polar surface area (TPSA) is 42.2 Å². The lowest BCUT2D eigenvalue weighted by atomic mass is 10.1. The third-order valence-electron chi connectivity index (χ3n) is 2.88. The minimum Gasteiger partial charge on any atom is -0.451 e. The Bertz CT molecular complexity index is 587. The lowest BCUT2D eigenvalue weighted by Gasteiger charge is -2.00. The van der Waals surface area contributed by atoms with Crippen LogP contribution in [0.2, 0.25) is 0 Å². The zero-order valence-corrected chi connectivity index (χ0v) is 9.65. The molecule has 1 saturated carbocycles. The molecule has 0 radical (unpaired) electrons. The van der Waals surface area contributed by atoms with E-state index in [2.05, 4.69) is 5.32 Å². The van der Waals surface area contributed by atoms with Crippen molar-refractivity contribution in [2.75, 3.05) is 0 Å². The van der Waals surface area contributed by atoms with Gasteiger partial charge in [-0.05, 0) is 37.1 Å². The Morgan fingerprint density at radius 3 is 2.72 bits per heavy atom. The number of amides is 1. The van der Waals surface area contributed by atoms with Crippen LogP contribution in [0.3, 0.4) is 0 Å². The smallest absolute Gasteiger partial charge is 0.287 e. The van der Waals surface area contributed by atoms with E-state index in [9.17, 15) is 9.18 Å². The summed E-state index contributed by atoms with van der Waals surface area (Å²) in [5.74, 6) is -0.00436. The van der Waals surface area contributed by atoms with E-state index in [1.165, 1.54) is 6.07 Å². The maximum Gasteiger partial charge on any atom is 0.287 e. The number of furan rings is 1. The largest absolute Gasteiger partial charge is 0.451 e. The lowest BCUT2D eigenvalue weighted by Crippen LogP contribution is -2.24. The van der Waals surface area contributed by atoms with Crippen molar-refractivity contribution < 1.29 is 13.6 Å². The van der Waals surface area contributed by atoms with Crippen LogP contribution in [0, 0.1) is 5.82 Å². The van der Waals surface area contributed by atoms with Gasteiger partial charge in [-0.3, -0.25) is 4.79 Å². The van der Waals surface area contributed by atoms with Gasteiger partial charge in [0.25, 0.3) is 5.91 Å². The first-order valence-corrected chi connectivity index (χ1v) is 5.89. The van der Waals surface area contributed by atoms with Gasteiger partial charge < -0.3 is 9.73 Å². The van der Waals surface area contributed by atoms with E-state index in [1.807, 2.05) is 0 Å². The van der Waals surface area contributed by atoms with Gasteiger partial charge in [-0.15, -0.1) is 0 Å². The zero-order valence-electron chi connectivity index (χ0n) is 9.65. The van der Waals surface area contributed by atoms with Gasteiger partial charge in [0, 0.05) is 6.04 Å². The molecular weight excluding hydrogens is 233 g/mol. The van der Waals surface area contributed by atoms with Gasteiger partial charge in [0.05, 0.1) is 5.56 Å². The molecule has 1 aliphatic carbocycles. The normalized spacial score (nSPS) is 14.5. The van der Waals surface area contributed by atoms with E-state index in [0.29, 0.717) is 11.3 Å². The molecule has 0 atom stereocenters. The summed E-state index contributed by atoms with van der Waals surface area (Å²) in [6, 6.07) is 9.78. The molecule has 4 heteroatoms. The van der Waals surface area contributed by atoms with Gasteiger partial charge in [0.1, 0.15) is 11.6 Å². The average Bonchev–Trinajstić information content (AvgIpc) is 3.04. The summed E-state index contributed by atoms with van der Waals surface area (Å²) >= 11 is 0. The molecule has 0 bridgehead atoms. The molecule has 0 spiro atoms. The maximum absolute atomic E-state index is 13.5. The highest BCUT2D eigenvalue weighted by Gasteiger charge is 2.25. The summed E-state index contributed by atoms with van der Waals surface area (Å²) in [5, 5.41) is 2.82. The van der Waals surface area contributed by atoms with E-state index in [0.717, 1.165) is 12.8 Å². The third kappa shape index (κ3) is 2.14. The van der Waals surface area contributed by atoms with Gasteiger partial charge in [0.2, 0.25) is 0 Å². The fraction of sp³-hybridized carbons (Fsp3) is 0.214. The summed E-state index contributed by atoms with van der Waals surface area (Å²) in [4.78, 5) is 11.7. The molecular formula is C14H12FNO2. The van der Waals surface area contributed by atoms with Crippen molar-refractivity contribution in [2.24, 2.45) is 0 Å². The van der Waals surface area contributed by atoms with Crippen LogP contribution in [0.15, 0.2) is 40.8 Å². The van der Waals surface area contributed by atoms with Gasteiger partial charge >= 0.3 is 0 Å². The van der Waals surface area contributed by atoms with Gasteiger partial charge in [-0.2, -0.15) is 0 Å². The first-order chi connectivity index (χ1) is 8.74. The van der Waals surface area contributed by atoms with Crippen molar-refractivity contribution in [3.63, 3.8) is 0 Å².